The summed E-state index contributed by atoms with van der Waals surface area (Å²) >= 11 is 0. The summed E-state index contributed by atoms with van der Waals surface area (Å²) < 4.78 is 0. The van der Waals surface area contributed by atoms with Crippen molar-refractivity contribution in [2.75, 3.05) is 18.0 Å². The first kappa shape index (κ1) is 7.49. The fourth-order valence-electron chi connectivity index (χ4n) is 1.37. The van der Waals surface area contributed by atoms with Crippen molar-refractivity contribution < 1.29 is 5.11 Å². The fourth-order valence-corrected chi connectivity index (χ4v) is 1.37. The Kier molecular flexibility index (Phi) is 1.51. The summed E-state index contributed by atoms with van der Waals surface area (Å²) in [5, 5.41) is 9.45. The predicted molar refractivity (Wildman–Crippen MR) is 44.9 cm³/mol. The molecule has 0 amide bonds. The minimum Gasteiger partial charge on any atom is -0.386 e. The van der Waals surface area contributed by atoms with E-state index in [1.807, 2.05) is 11.8 Å². The summed E-state index contributed by atoms with van der Waals surface area (Å²) in [7, 11) is 0. The van der Waals surface area contributed by atoms with Gasteiger partial charge in [-0.05, 0) is 13.0 Å². The van der Waals surface area contributed by atoms with E-state index in [2.05, 4.69) is 9.97 Å². The highest BCUT2D eigenvalue weighted by Gasteiger charge is 2.37. The van der Waals surface area contributed by atoms with Crippen LogP contribution >= 0.6 is 0 Å². The number of rotatable bonds is 1. The molecule has 1 N–H and O–H groups in total. The third-order valence-electron chi connectivity index (χ3n) is 1.90. The van der Waals surface area contributed by atoms with Crippen LogP contribution in [0.5, 0.6) is 0 Å². The Morgan fingerprint density at radius 3 is 2.50 bits per heavy atom. The minimum atomic E-state index is -0.556. The molecule has 0 atom stereocenters. The Morgan fingerprint density at radius 1 is 1.42 bits per heavy atom. The van der Waals surface area contributed by atoms with Crippen LogP contribution < -0.4 is 4.90 Å². The van der Waals surface area contributed by atoms with Gasteiger partial charge in [-0.25, -0.2) is 9.97 Å². The zero-order valence-electron chi connectivity index (χ0n) is 6.94. The Labute approximate surface area is 70.9 Å². The third kappa shape index (κ3) is 1.25. The summed E-state index contributed by atoms with van der Waals surface area (Å²) in [4.78, 5) is 10.1. The van der Waals surface area contributed by atoms with Gasteiger partial charge in [-0.15, -0.1) is 0 Å². The molecule has 1 fully saturated rings. The van der Waals surface area contributed by atoms with Crippen molar-refractivity contribution in [1.29, 1.82) is 0 Å². The van der Waals surface area contributed by atoms with E-state index in [9.17, 15) is 5.11 Å². The first-order valence-electron chi connectivity index (χ1n) is 3.92. The molecular formula is C8H11N3O. The minimum absolute atomic E-state index is 0.556. The molecule has 1 aliphatic rings. The second-order valence-electron chi connectivity index (χ2n) is 3.40. The number of anilines is 1. The Bertz CT molecular complexity index is 265. The van der Waals surface area contributed by atoms with E-state index < -0.39 is 5.60 Å². The quantitative estimate of drug-likeness (QED) is 0.638. The van der Waals surface area contributed by atoms with Gasteiger partial charge in [-0.3, -0.25) is 0 Å². The summed E-state index contributed by atoms with van der Waals surface area (Å²) in [6, 6.07) is 1.78. The van der Waals surface area contributed by atoms with Gasteiger partial charge in [0.25, 0.3) is 0 Å². The molecule has 2 heterocycles. The summed E-state index contributed by atoms with van der Waals surface area (Å²) in [6.07, 6.45) is 3.41. The van der Waals surface area contributed by atoms with E-state index in [-0.39, 0.29) is 0 Å². The van der Waals surface area contributed by atoms with Gasteiger partial charge in [0.15, 0.2) is 0 Å². The van der Waals surface area contributed by atoms with Crippen molar-refractivity contribution in [3.63, 3.8) is 0 Å². The number of nitrogens with zero attached hydrogens (tertiary/aromatic N) is 3. The molecule has 0 bridgehead atoms. The standard InChI is InChI=1S/C8H11N3O/c1-8(12)5-11(6-8)7-9-3-2-4-10-7/h2-4,12H,5-6H2,1H3. The molecule has 0 unspecified atom stereocenters. The van der Waals surface area contributed by atoms with Crippen LogP contribution in [0.2, 0.25) is 0 Å². The smallest absolute Gasteiger partial charge is 0.225 e. The van der Waals surface area contributed by atoms with Gasteiger partial charge >= 0.3 is 0 Å². The number of hydrogen-bond donors (Lipinski definition) is 1. The van der Waals surface area contributed by atoms with Crippen molar-refractivity contribution in [2.24, 2.45) is 0 Å². The van der Waals surface area contributed by atoms with Crippen LogP contribution in [0.3, 0.4) is 0 Å². The molecule has 1 aromatic rings. The van der Waals surface area contributed by atoms with Crippen LogP contribution in [0.4, 0.5) is 5.95 Å². The first-order valence-corrected chi connectivity index (χ1v) is 3.92. The molecule has 1 aromatic heterocycles. The zero-order chi connectivity index (χ0) is 8.60. The van der Waals surface area contributed by atoms with Gasteiger partial charge in [0, 0.05) is 12.4 Å². The van der Waals surface area contributed by atoms with Crippen molar-refractivity contribution in [1.82, 2.24) is 9.97 Å². The molecular weight excluding hydrogens is 154 g/mol. The molecule has 64 valence electrons. The van der Waals surface area contributed by atoms with Crippen LogP contribution in [-0.4, -0.2) is 33.8 Å². The topological polar surface area (TPSA) is 49.2 Å². The maximum atomic E-state index is 9.45. The Balaban J connectivity index is 2.06. The van der Waals surface area contributed by atoms with Crippen LogP contribution in [0, 0.1) is 0 Å². The lowest BCUT2D eigenvalue weighted by Gasteiger charge is -2.43. The lowest BCUT2D eigenvalue weighted by atomic mass is 9.98. The maximum Gasteiger partial charge on any atom is 0.225 e. The molecule has 4 nitrogen and oxygen atoms in total. The highest BCUT2D eigenvalue weighted by molar-refractivity contribution is 5.35. The fraction of sp³-hybridized carbons (Fsp3) is 0.500. The van der Waals surface area contributed by atoms with Crippen molar-refractivity contribution >= 4 is 5.95 Å². The molecule has 0 radical (unpaired) electrons. The van der Waals surface area contributed by atoms with E-state index in [0.29, 0.717) is 19.0 Å². The molecule has 0 aromatic carbocycles. The van der Waals surface area contributed by atoms with Gasteiger partial charge in [-0.1, -0.05) is 0 Å². The van der Waals surface area contributed by atoms with Gasteiger partial charge < -0.3 is 10.0 Å². The van der Waals surface area contributed by atoms with Crippen LogP contribution in [0.25, 0.3) is 0 Å². The molecule has 4 heteroatoms. The Hall–Kier alpha value is -1.16. The average Bonchev–Trinajstić information content (AvgIpc) is 2.02. The molecule has 0 saturated carbocycles. The first-order chi connectivity index (χ1) is 5.67. The second-order valence-corrected chi connectivity index (χ2v) is 3.40. The summed E-state index contributed by atoms with van der Waals surface area (Å²) in [6.45, 7) is 3.06. The Morgan fingerprint density at radius 2 is 2.00 bits per heavy atom. The number of aliphatic hydroxyl groups is 1. The van der Waals surface area contributed by atoms with E-state index in [0.717, 1.165) is 0 Å². The van der Waals surface area contributed by atoms with Gasteiger partial charge in [0.1, 0.15) is 0 Å². The predicted octanol–water partition coefficient (Wildman–Crippen LogP) is 0.0476. The maximum absolute atomic E-state index is 9.45. The molecule has 1 saturated heterocycles. The van der Waals surface area contributed by atoms with E-state index in [1.54, 1.807) is 18.5 Å². The molecule has 0 spiro atoms. The summed E-state index contributed by atoms with van der Waals surface area (Å²) in [5.74, 6) is 0.698. The normalized spacial score (nSPS) is 20.3. The van der Waals surface area contributed by atoms with Crippen molar-refractivity contribution in [2.45, 2.75) is 12.5 Å². The highest BCUT2D eigenvalue weighted by Crippen LogP contribution is 2.23. The molecule has 12 heavy (non-hydrogen) atoms. The van der Waals surface area contributed by atoms with Gasteiger partial charge in [0.2, 0.25) is 5.95 Å². The van der Waals surface area contributed by atoms with Gasteiger partial charge in [-0.2, -0.15) is 0 Å². The second kappa shape index (κ2) is 2.42. The zero-order valence-corrected chi connectivity index (χ0v) is 6.94. The highest BCUT2D eigenvalue weighted by atomic mass is 16.3. The van der Waals surface area contributed by atoms with Crippen LogP contribution in [0.1, 0.15) is 6.92 Å². The number of β-amino-alcohol motifs (C(OH)–C–C–N with tert-alkyl or cyclic N) is 1. The number of hydrogen-bond acceptors (Lipinski definition) is 4. The van der Waals surface area contributed by atoms with Crippen molar-refractivity contribution in [3.05, 3.63) is 18.5 Å². The van der Waals surface area contributed by atoms with E-state index in [1.165, 1.54) is 0 Å². The van der Waals surface area contributed by atoms with Crippen LogP contribution in [0.15, 0.2) is 18.5 Å². The summed E-state index contributed by atoms with van der Waals surface area (Å²) in [5.41, 5.74) is -0.556. The number of aromatic nitrogens is 2. The molecule has 1 aliphatic heterocycles. The lowest BCUT2D eigenvalue weighted by Crippen LogP contribution is -2.60. The molecule has 0 aliphatic carbocycles. The average molecular weight is 165 g/mol. The van der Waals surface area contributed by atoms with Crippen LogP contribution in [-0.2, 0) is 0 Å². The monoisotopic (exact) mass is 165 g/mol. The van der Waals surface area contributed by atoms with Gasteiger partial charge in [0.05, 0.1) is 18.7 Å². The molecule has 2 rings (SSSR count). The SMILES string of the molecule is CC1(O)CN(c2ncccn2)C1. The lowest BCUT2D eigenvalue weighted by molar-refractivity contribution is 0.0300. The van der Waals surface area contributed by atoms with Crippen molar-refractivity contribution in [3.8, 4) is 0 Å². The van der Waals surface area contributed by atoms with E-state index >= 15 is 0 Å². The largest absolute Gasteiger partial charge is 0.386 e. The van der Waals surface area contributed by atoms with E-state index in [4.69, 9.17) is 0 Å². The third-order valence-corrected chi connectivity index (χ3v) is 1.90.